The molecule has 4 N–H and O–H groups in total. The van der Waals surface area contributed by atoms with Crippen LogP contribution in [0.25, 0.3) is 21.6 Å². The topological polar surface area (TPSA) is 115 Å². The summed E-state index contributed by atoms with van der Waals surface area (Å²) in [5.41, 5.74) is 9.60. The summed E-state index contributed by atoms with van der Waals surface area (Å²) in [6, 6.07) is 7.93. The number of aromatic amines is 1. The molecular weight excluding hydrogens is 390 g/mol. The van der Waals surface area contributed by atoms with Crippen molar-refractivity contribution in [2.75, 3.05) is 18.5 Å². The number of thiophene rings is 1. The molecular formula is C19H17N7O2S. The SMILES string of the molecule is NC1=N[C@@H](c2cn[nH]c2-c2cccs2)n2c(nc3cc4c(cc32)OCCCO4)N1. The van der Waals surface area contributed by atoms with Crippen LogP contribution < -0.4 is 20.5 Å². The Balaban J connectivity index is 1.55. The minimum Gasteiger partial charge on any atom is -0.489 e. The normalized spacial score (nSPS) is 18.1. The molecule has 0 amide bonds. The Labute approximate surface area is 169 Å². The lowest BCUT2D eigenvalue weighted by atomic mass is 10.1. The van der Waals surface area contributed by atoms with Gasteiger partial charge in [0.1, 0.15) is 0 Å². The zero-order valence-corrected chi connectivity index (χ0v) is 16.1. The molecule has 2 aliphatic heterocycles. The van der Waals surface area contributed by atoms with Gasteiger partial charge in [-0.05, 0) is 11.4 Å². The smallest absolute Gasteiger partial charge is 0.212 e. The van der Waals surface area contributed by atoms with Crippen LogP contribution >= 0.6 is 11.3 Å². The third-order valence-corrected chi connectivity index (χ3v) is 5.91. The van der Waals surface area contributed by atoms with Crippen LogP contribution in [0.4, 0.5) is 5.95 Å². The molecule has 4 aromatic rings. The molecule has 0 radical (unpaired) electrons. The highest BCUT2D eigenvalue weighted by molar-refractivity contribution is 7.13. The maximum atomic E-state index is 6.09. The Morgan fingerprint density at radius 1 is 1.21 bits per heavy atom. The van der Waals surface area contributed by atoms with Crippen LogP contribution in [0.1, 0.15) is 18.2 Å². The number of fused-ring (bicyclic) bond motifs is 4. The number of nitrogens with zero attached hydrogens (tertiary/aromatic N) is 4. The van der Waals surface area contributed by atoms with Crippen molar-refractivity contribution in [3.05, 3.63) is 41.4 Å². The summed E-state index contributed by atoms with van der Waals surface area (Å²) in [4.78, 5) is 10.5. The number of hydrogen-bond acceptors (Lipinski definition) is 8. The van der Waals surface area contributed by atoms with Gasteiger partial charge in [0.15, 0.2) is 23.6 Å². The second-order valence-corrected chi connectivity index (χ2v) is 7.78. The number of aliphatic imine (C=N–C) groups is 1. The van der Waals surface area contributed by atoms with Gasteiger partial charge in [0, 0.05) is 24.1 Å². The summed E-state index contributed by atoms with van der Waals surface area (Å²) >= 11 is 1.64. The van der Waals surface area contributed by atoms with Crippen molar-refractivity contribution in [1.29, 1.82) is 0 Å². The van der Waals surface area contributed by atoms with E-state index in [2.05, 4.69) is 20.5 Å². The van der Waals surface area contributed by atoms with Crippen LogP contribution in [-0.2, 0) is 0 Å². The number of anilines is 1. The summed E-state index contributed by atoms with van der Waals surface area (Å²) in [5.74, 6) is 2.35. The number of rotatable bonds is 2. The van der Waals surface area contributed by atoms with Gasteiger partial charge >= 0.3 is 0 Å². The van der Waals surface area contributed by atoms with Gasteiger partial charge < -0.3 is 15.2 Å². The molecule has 0 fully saturated rings. The first kappa shape index (κ1) is 16.4. The summed E-state index contributed by atoms with van der Waals surface area (Å²) in [5, 5.41) is 12.5. The molecule has 0 spiro atoms. The number of nitrogens with two attached hydrogens (primary N) is 1. The number of ether oxygens (including phenoxy) is 2. The Morgan fingerprint density at radius 3 is 2.90 bits per heavy atom. The maximum absolute atomic E-state index is 6.09. The lowest BCUT2D eigenvalue weighted by Crippen LogP contribution is -2.31. The number of imidazole rings is 1. The van der Waals surface area contributed by atoms with E-state index in [4.69, 9.17) is 20.2 Å². The fourth-order valence-corrected chi connectivity index (χ4v) is 4.48. The van der Waals surface area contributed by atoms with Crippen LogP contribution in [0.3, 0.4) is 0 Å². The van der Waals surface area contributed by atoms with E-state index in [9.17, 15) is 0 Å². The van der Waals surface area contributed by atoms with Gasteiger partial charge in [0.2, 0.25) is 5.95 Å². The highest BCUT2D eigenvalue weighted by atomic mass is 32.1. The van der Waals surface area contributed by atoms with Crippen molar-refractivity contribution in [2.24, 2.45) is 10.7 Å². The molecule has 2 aliphatic rings. The minimum atomic E-state index is -0.406. The van der Waals surface area contributed by atoms with Gasteiger partial charge in [-0.25, -0.2) is 9.98 Å². The van der Waals surface area contributed by atoms with E-state index in [-0.39, 0.29) is 0 Å². The zero-order valence-electron chi connectivity index (χ0n) is 15.3. The minimum absolute atomic E-state index is 0.310. The lowest BCUT2D eigenvalue weighted by Gasteiger charge is -2.23. The Kier molecular flexibility index (Phi) is 3.54. The average molecular weight is 407 g/mol. The third kappa shape index (κ3) is 2.56. The third-order valence-electron chi connectivity index (χ3n) is 5.02. The molecule has 9 nitrogen and oxygen atoms in total. The highest BCUT2D eigenvalue weighted by Gasteiger charge is 2.29. The second-order valence-electron chi connectivity index (χ2n) is 6.83. The Hall–Kier alpha value is -3.53. The molecule has 10 heteroatoms. The van der Waals surface area contributed by atoms with E-state index < -0.39 is 6.17 Å². The van der Waals surface area contributed by atoms with Crippen LogP contribution in [0.15, 0.2) is 40.8 Å². The molecule has 0 saturated carbocycles. The lowest BCUT2D eigenvalue weighted by molar-refractivity contribution is 0.297. The van der Waals surface area contributed by atoms with Crippen molar-refractivity contribution >= 4 is 34.3 Å². The summed E-state index contributed by atoms with van der Waals surface area (Å²) < 4.78 is 13.7. The fourth-order valence-electron chi connectivity index (χ4n) is 3.74. The van der Waals surface area contributed by atoms with E-state index in [0.29, 0.717) is 36.6 Å². The fraction of sp³-hybridized carbons (Fsp3) is 0.211. The molecule has 0 saturated heterocycles. The number of aromatic nitrogens is 4. The van der Waals surface area contributed by atoms with Crippen molar-refractivity contribution < 1.29 is 9.47 Å². The monoisotopic (exact) mass is 407 g/mol. The predicted molar refractivity (Wildman–Crippen MR) is 111 cm³/mol. The van der Waals surface area contributed by atoms with Gasteiger partial charge in [0.05, 0.1) is 41.0 Å². The highest BCUT2D eigenvalue weighted by Crippen LogP contribution is 2.40. The van der Waals surface area contributed by atoms with Crippen LogP contribution in [0.2, 0.25) is 0 Å². The number of guanidine groups is 1. The molecule has 1 aromatic carbocycles. The molecule has 5 heterocycles. The zero-order chi connectivity index (χ0) is 19.4. The average Bonchev–Trinajstić information content (AvgIpc) is 3.42. The largest absolute Gasteiger partial charge is 0.489 e. The van der Waals surface area contributed by atoms with Crippen LogP contribution in [-0.4, -0.2) is 38.9 Å². The van der Waals surface area contributed by atoms with Gasteiger partial charge in [-0.15, -0.1) is 11.3 Å². The molecule has 3 aromatic heterocycles. The molecule has 29 heavy (non-hydrogen) atoms. The van der Waals surface area contributed by atoms with Gasteiger partial charge in [0.25, 0.3) is 0 Å². The Morgan fingerprint density at radius 2 is 2.07 bits per heavy atom. The molecule has 146 valence electrons. The summed E-state index contributed by atoms with van der Waals surface area (Å²) in [7, 11) is 0. The number of H-pyrrole nitrogens is 1. The first-order valence-electron chi connectivity index (χ1n) is 9.27. The van der Waals surface area contributed by atoms with Crippen molar-refractivity contribution in [1.82, 2.24) is 19.7 Å². The molecule has 0 aliphatic carbocycles. The molecule has 0 unspecified atom stereocenters. The van der Waals surface area contributed by atoms with Crippen LogP contribution in [0, 0.1) is 0 Å². The summed E-state index contributed by atoms with van der Waals surface area (Å²) in [6.45, 7) is 1.25. The first-order chi connectivity index (χ1) is 14.3. The standard InChI is InChI=1S/C19H17N7O2S/c20-18-23-17(10-9-21-25-16(10)15-3-1-6-29-15)26-12-8-14-13(27-4-2-5-28-14)7-11(12)22-19(26)24-18/h1,3,6-9,17H,2,4-5H2,(H,21,25)(H3,20,22,23,24)/t17-/m1/s1. The van der Waals surface area contributed by atoms with Gasteiger partial charge in [-0.2, -0.15) is 5.10 Å². The molecule has 6 rings (SSSR count). The van der Waals surface area contributed by atoms with E-state index in [1.165, 1.54) is 0 Å². The van der Waals surface area contributed by atoms with Crippen molar-refractivity contribution in [3.8, 4) is 22.1 Å². The van der Waals surface area contributed by atoms with E-state index in [0.717, 1.165) is 33.6 Å². The van der Waals surface area contributed by atoms with Gasteiger partial charge in [-0.3, -0.25) is 15.0 Å². The predicted octanol–water partition coefficient (Wildman–Crippen LogP) is 2.94. The quantitative estimate of drug-likeness (QED) is 0.471. The van der Waals surface area contributed by atoms with Crippen molar-refractivity contribution in [2.45, 2.75) is 12.6 Å². The first-order valence-corrected chi connectivity index (χ1v) is 10.1. The van der Waals surface area contributed by atoms with E-state index >= 15 is 0 Å². The number of nitrogens with one attached hydrogen (secondary N) is 2. The maximum Gasteiger partial charge on any atom is 0.212 e. The van der Waals surface area contributed by atoms with Gasteiger partial charge in [-0.1, -0.05) is 6.07 Å². The van der Waals surface area contributed by atoms with E-state index in [1.54, 1.807) is 17.5 Å². The number of hydrogen-bond donors (Lipinski definition) is 3. The summed E-state index contributed by atoms with van der Waals surface area (Å²) in [6.07, 6.45) is 2.24. The van der Waals surface area contributed by atoms with E-state index in [1.807, 2.05) is 34.2 Å². The number of benzene rings is 1. The Bertz CT molecular complexity index is 1240. The van der Waals surface area contributed by atoms with Crippen molar-refractivity contribution in [3.63, 3.8) is 0 Å². The molecule has 0 bridgehead atoms. The molecule has 1 atom stereocenters. The second kappa shape index (κ2) is 6.24. The van der Waals surface area contributed by atoms with Crippen LogP contribution in [0.5, 0.6) is 11.5 Å².